The number of aromatic nitrogens is 4. The van der Waals surface area contributed by atoms with Crippen molar-refractivity contribution in [1.82, 2.24) is 20.2 Å². The van der Waals surface area contributed by atoms with Crippen LogP contribution in [0.25, 0.3) is 0 Å². The van der Waals surface area contributed by atoms with Gasteiger partial charge in [0.05, 0.1) is 11.9 Å². The Hall–Kier alpha value is -1.91. The van der Waals surface area contributed by atoms with Gasteiger partial charge in [-0.3, -0.25) is 5.10 Å². The second-order valence-electron chi connectivity index (χ2n) is 4.63. The minimum atomic E-state index is -0.0475. The third-order valence-electron chi connectivity index (χ3n) is 2.10. The Morgan fingerprint density at radius 2 is 2.12 bits per heavy atom. The summed E-state index contributed by atoms with van der Waals surface area (Å²) in [7, 11) is 0. The zero-order valence-corrected chi connectivity index (χ0v) is 9.65. The highest BCUT2D eigenvalue weighted by Gasteiger charge is 2.17. The normalized spacial score (nSPS) is 11.4. The number of aromatic amines is 1. The van der Waals surface area contributed by atoms with E-state index in [9.17, 15) is 0 Å². The largest absolute Gasteiger partial charge is 0.338 e. The summed E-state index contributed by atoms with van der Waals surface area (Å²) in [6.07, 6.45) is 5.24. The molecular weight excluding hydrogens is 202 g/mol. The van der Waals surface area contributed by atoms with Crippen molar-refractivity contribution in [3.8, 4) is 0 Å². The zero-order chi connectivity index (χ0) is 11.6. The van der Waals surface area contributed by atoms with Crippen molar-refractivity contribution in [1.29, 1.82) is 0 Å². The molecule has 0 aliphatic carbocycles. The van der Waals surface area contributed by atoms with E-state index in [1.54, 1.807) is 18.6 Å². The third kappa shape index (κ3) is 2.36. The van der Waals surface area contributed by atoms with E-state index >= 15 is 0 Å². The van der Waals surface area contributed by atoms with Crippen molar-refractivity contribution in [2.24, 2.45) is 0 Å². The highest BCUT2D eigenvalue weighted by atomic mass is 15.1. The minimum absolute atomic E-state index is 0.0475. The van der Waals surface area contributed by atoms with Crippen LogP contribution in [0, 0.1) is 0 Å². The summed E-state index contributed by atoms with van der Waals surface area (Å²) < 4.78 is 0. The molecule has 2 rings (SSSR count). The quantitative estimate of drug-likeness (QED) is 0.809. The van der Waals surface area contributed by atoms with Crippen molar-refractivity contribution in [2.45, 2.75) is 26.2 Å². The van der Waals surface area contributed by atoms with Gasteiger partial charge in [-0.15, -0.1) is 0 Å². The molecule has 0 spiro atoms. The Morgan fingerprint density at radius 3 is 2.75 bits per heavy atom. The standard InChI is InChI=1S/C11H15N5/c1-11(2,3)10-12-5-4-9(16-10)15-8-6-13-14-7-8/h4-7H,1-3H3,(H,13,14)(H,12,15,16). The van der Waals surface area contributed by atoms with E-state index < -0.39 is 0 Å². The van der Waals surface area contributed by atoms with E-state index in [0.29, 0.717) is 0 Å². The van der Waals surface area contributed by atoms with Crippen LogP contribution in [-0.2, 0) is 5.41 Å². The van der Waals surface area contributed by atoms with Gasteiger partial charge in [-0.2, -0.15) is 5.10 Å². The van der Waals surface area contributed by atoms with Gasteiger partial charge >= 0.3 is 0 Å². The number of hydrogen-bond donors (Lipinski definition) is 2. The molecule has 0 unspecified atom stereocenters. The lowest BCUT2D eigenvalue weighted by molar-refractivity contribution is 0.546. The molecule has 2 N–H and O–H groups in total. The molecular formula is C11H15N5. The Morgan fingerprint density at radius 1 is 1.31 bits per heavy atom. The van der Waals surface area contributed by atoms with Crippen molar-refractivity contribution >= 4 is 11.5 Å². The molecule has 0 atom stereocenters. The fraction of sp³-hybridized carbons (Fsp3) is 0.364. The average molecular weight is 217 g/mol. The van der Waals surface area contributed by atoms with E-state index in [4.69, 9.17) is 0 Å². The van der Waals surface area contributed by atoms with E-state index in [2.05, 4.69) is 46.3 Å². The second kappa shape index (κ2) is 3.92. The minimum Gasteiger partial charge on any atom is -0.338 e. The van der Waals surface area contributed by atoms with E-state index in [1.165, 1.54) is 0 Å². The number of anilines is 2. The first-order valence-corrected chi connectivity index (χ1v) is 5.15. The molecule has 0 amide bonds. The summed E-state index contributed by atoms with van der Waals surface area (Å²) in [4.78, 5) is 8.72. The summed E-state index contributed by atoms with van der Waals surface area (Å²) in [5, 5.41) is 9.75. The van der Waals surface area contributed by atoms with Crippen LogP contribution >= 0.6 is 0 Å². The Bertz CT molecular complexity index is 455. The molecule has 0 aliphatic heterocycles. The maximum atomic E-state index is 4.46. The fourth-order valence-corrected chi connectivity index (χ4v) is 1.26. The van der Waals surface area contributed by atoms with Gasteiger partial charge in [0.25, 0.3) is 0 Å². The predicted molar refractivity (Wildman–Crippen MR) is 62.6 cm³/mol. The van der Waals surface area contributed by atoms with Gasteiger partial charge in [0.15, 0.2) is 0 Å². The van der Waals surface area contributed by atoms with Crippen molar-refractivity contribution in [3.63, 3.8) is 0 Å². The molecule has 0 aliphatic rings. The van der Waals surface area contributed by atoms with E-state index in [0.717, 1.165) is 17.3 Å². The highest BCUT2D eigenvalue weighted by Crippen LogP contribution is 2.20. The third-order valence-corrected chi connectivity index (χ3v) is 2.10. The summed E-state index contributed by atoms with van der Waals surface area (Å²) in [6.45, 7) is 6.26. The molecule has 0 saturated heterocycles. The molecule has 5 nitrogen and oxygen atoms in total. The van der Waals surface area contributed by atoms with Crippen LogP contribution in [-0.4, -0.2) is 20.2 Å². The predicted octanol–water partition coefficient (Wildman–Crippen LogP) is 2.24. The zero-order valence-electron chi connectivity index (χ0n) is 9.65. The molecule has 0 bridgehead atoms. The maximum absolute atomic E-state index is 4.46. The molecule has 5 heteroatoms. The monoisotopic (exact) mass is 217 g/mol. The van der Waals surface area contributed by atoms with Crippen LogP contribution in [0.1, 0.15) is 26.6 Å². The molecule has 84 valence electrons. The highest BCUT2D eigenvalue weighted by molar-refractivity contribution is 5.53. The smallest absolute Gasteiger partial charge is 0.135 e. The number of hydrogen-bond acceptors (Lipinski definition) is 4. The Labute approximate surface area is 94.3 Å². The molecule has 16 heavy (non-hydrogen) atoms. The molecule has 0 saturated carbocycles. The van der Waals surface area contributed by atoms with Crippen LogP contribution in [0.4, 0.5) is 11.5 Å². The van der Waals surface area contributed by atoms with Crippen molar-refractivity contribution in [3.05, 3.63) is 30.5 Å². The molecule has 2 aromatic heterocycles. The summed E-state index contributed by atoms with van der Waals surface area (Å²) in [6, 6.07) is 1.84. The van der Waals surface area contributed by atoms with Gasteiger partial charge in [0, 0.05) is 17.8 Å². The fourth-order valence-electron chi connectivity index (χ4n) is 1.26. The van der Waals surface area contributed by atoms with Crippen molar-refractivity contribution in [2.75, 3.05) is 5.32 Å². The number of nitrogens with one attached hydrogen (secondary N) is 2. The lowest BCUT2D eigenvalue weighted by Gasteiger charge is -2.16. The first-order chi connectivity index (χ1) is 7.55. The SMILES string of the molecule is CC(C)(C)c1nccc(Nc2cn[nH]c2)n1. The van der Waals surface area contributed by atoms with Crippen LogP contribution in [0.2, 0.25) is 0 Å². The second-order valence-corrected chi connectivity index (χ2v) is 4.63. The van der Waals surface area contributed by atoms with Crippen LogP contribution in [0.3, 0.4) is 0 Å². The van der Waals surface area contributed by atoms with Crippen LogP contribution in [0.15, 0.2) is 24.7 Å². The average Bonchev–Trinajstić information content (AvgIpc) is 2.70. The Balaban J connectivity index is 2.23. The van der Waals surface area contributed by atoms with E-state index in [-0.39, 0.29) is 5.41 Å². The van der Waals surface area contributed by atoms with Gasteiger partial charge < -0.3 is 5.32 Å². The number of rotatable bonds is 2. The summed E-state index contributed by atoms with van der Waals surface area (Å²) in [5.41, 5.74) is 0.840. The van der Waals surface area contributed by atoms with Gasteiger partial charge in [0.2, 0.25) is 0 Å². The molecule has 2 heterocycles. The molecule has 0 aromatic carbocycles. The van der Waals surface area contributed by atoms with Crippen LogP contribution in [0.5, 0.6) is 0 Å². The summed E-state index contributed by atoms with van der Waals surface area (Å²) in [5.74, 6) is 1.60. The summed E-state index contributed by atoms with van der Waals surface area (Å²) >= 11 is 0. The lowest BCUT2D eigenvalue weighted by Crippen LogP contribution is -2.16. The van der Waals surface area contributed by atoms with E-state index in [1.807, 2.05) is 6.07 Å². The first kappa shape index (κ1) is 10.6. The van der Waals surface area contributed by atoms with Crippen LogP contribution < -0.4 is 5.32 Å². The lowest BCUT2D eigenvalue weighted by atomic mass is 9.96. The topological polar surface area (TPSA) is 66.5 Å². The van der Waals surface area contributed by atoms with Gasteiger partial charge in [0.1, 0.15) is 11.6 Å². The molecule has 2 aromatic rings. The number of H-pyrrole nitrogens is 1. The first-order valence-electron chi connectivity index (χ1n) is 5.15. The van der Waals surface area contributed by atoms with Gasteiger partial charge in [-0.05, 0) is 6.07 Å². The number of nitrogens with zero attached hydrogens (tertiary/aromatic N) is 3. The van der Waals surface area contributed by atoms with Crippen molar-refractivity contribution < 1.29 is 0 Å². The molecule has 0 radical (unpaired) electrons. The molecule has 0 fully saturated rings. The Kier molecular flexibility index (Phi) is 2.60. The van der Waals surface area contributed by atoms with Gasteiger partial charge in [-0.1, -0.05) is 20.8 Å². The van der Waals surface area contributed by atoms with Gasteiger partial charge in [-0.25, -0.2) is 9.97 Å². The maximum Gasteiger partial charge on any atom is 0.135 e.